The molecular formula is C119H94F3Ir3N18. The molecule has 708 valence electrons. The molecule has 11 aromatic heterocycles. The normalized spacial score (nSPS) is 12.5. The van der Waals surface area contributed by atoms with Crippen LogP contribution >= 0.6 is 0 Å². The fraction of sp³-hybridized carbons (Fsp3) is 0.126. The molecule has 0 aliphatic carbocycles. The maximum atomic E-state index is 13.4. The fourth-order valence-electron chi connectivity index (χ4n) is 17.2. The third-order valence-electron chi connectivity index (χ3n) is 24.8. The summed E-state index contributed by atoms with van der Waals surface area (Å²) < 4.78 is 42.0. The zero-order chi connectivity index (χ0) is 96.7. The second-order valence-electron chi connectivity index (χ2n) is 34.5. The zero-order valence-corrected chi connectivity index (χ0v) is 86.3. The van der Waals surface area contributed by atoms with E-state index in [1.54, 1.807) is 35.3 Å². The van der Waals surface area contributed by atoms with Crippen LogP contribution in [0.25, 0.3) is 17.3 Å². The number of alkyl halides is 3. The number of para-hydroxylation sites is 6. The Labute approximate surface area is 872 Å². The van der Waals surface area contributed by atoms with Gasteiger partial charge in [-0.1, -0.05) is 140 Å². The molecule has 3 atom stereocenters. The Balaban J connectivity index is 0.000000160. The number of nitrogens with zero attached hydrogens (tertiary/aromatic N) is 18. The van der Waals surface area contributed by atoms with Gasteiger partial charge in [-0.25, -0.2) is 19.9 Å². The van der Waals surface area contributed by atoms with Crippen molar-refractivity contribution in [2.45, 2.75) is 94.8 Å². The number of anilines is 10. The molecule has 9 aromatic carbocycles. The van der Waals surface area contributed by atoms with Gasteiger partial charge in [0.1, 0.15) is 40.2 Å². The molecule has 11 heterocycles. The third kappa shape index (κ3) is 21.8. The van der Waals surface area contributed by atoms with Crippen molar-refractivity contribution in [1.29, 1.82) is 0 Å². The van der Waals surface area contributed by atoms with Gasteiger partial charge in [-0.15, -0.1) is 47.0 Å². The van der Waals surface area contributed by atoms with Crippen molar-refractivity contribution in [1.82, 2.24) is 69.8 Å². The minimum atomic E-state index is -4.75. The van der Waals surface area contributed by atoms with E-state index in [9.17, 15) is 13.2 Å². The minimum absolute atomic E-state index is 0. The topological polar surface area (TPSA) is 187 Å². The molecular weight excluding hydrogens is 2320 g/mol. The Morgan fingerprint density at radius 1 is 0.315 bits per heavy atom. The molecule has 3 unspecified atom stereocenters. The Morgan fingerprint density at radius 3 is 1.08 bits per heavy atom. The molecule has 20 aromatic rings. The second kappa shape index (κ2) is 45.5. The van der Waals surface area contributed by atoms with Crippen LogP contribution in [0.1, 0.15) is 141 Å². The van der Waals surface area contributed by atoms with Gasteiger partial charge in [0.15, 0.2) is 0 Å². The molecule has 0 bridgehead atoms. The molecule has 0 spiro atoms. The number of aromatic nitrogens is 14. The van der Waals surface area contributed by atoms with Crippen LogP contribution in [0.15, 0.2) is 419 Å². The average molecular weight is 2410 g/mol. The summed E-state index contributed by atoms with van der Waals surface area (Å²) in [5.41, 5.74) is 12.6. The summed E-state index contributed by atoms with van der Waals surface area (Å²) >= 11 is 0. The van der Waals surface area contributed by atoms with Crippen LogP contribution in [0, 0.1) is 48.7 Å². The van der Waals surface area contributed by atoms with Gasteiger partial charge in [0, 0.05) is 40.8 Å². The summed E-state index contributed by atoms with van der Waals surface area (Å²) in [6, 6.07) is 154. The number of benzene rings is 9. The van der Waals surface area contributed by atoms with Gasteiger partial charge in [-0.05, 0) is 186 Å². The Bertz CT molecular complexity index is 7080. The quantitative estimate of drug-likeness (QED) is 0.0442. The molecule has 0 fully saturated rings. The predicted octanol–water partition coefficient (Wildman–Crippen LogP) is 25.9. The van der Waals surface area contributed by atoms with E-state index in [2.05, 4.69) is 224 Å². The van der Waals surface area contributed by atoms with Gasteiger partial charge in [0.2, 0.25) is 0 Å². The van der Waals surface area contributed by atoms with Crippen LogP contribution in [0.2, 0.25) is 0 Å². The van der Waals surface area contributed by atoms with E-state index in [1.165, 1.54) is 0 Å². The van der Waals surface area contributed by atoms with Crippen molar-refractivity contribution in [3.63, 3.8) is 0 Å². The van der Waals surface area contributed by atoms with Crippen molar-refractivity contribution in [2.75, 3.05) is 19.6 Å². The van der Waals surface area contributed by atoms with E-state index in [1.807, 2.05) is 308 Å². The molecule has 18 nitrogen and oxygen atoms in total. The largest absolute Gasteiger partial charge is 3.00 e. The maximum absolute atomic E-state index is 13.4. The zero-order valence-electron chi connectivity index (χ0n) is 79.1. The third-order valence-corrected chi connectivity index (χ3v) is 24.8. The molecule has 0 aliphatic heterocycles. The van der Waals surface area contributed by atoms with Crippen LogP contribution in [-0.4, -0.2) is 64.7 Å². The standard InChI is InChI=1S/C41H34N7.C40H34N3.C38H26F3N8.3Ir/c1-31(2)35-28-30-46(45-35)39-26-15-23-36(43-39)41(3,48(33-19-9-5-10-20-33)34-21-11-6-12-22-34)37-24-16-27-40(44-37)47(32-17-7-4-8-18-32)38-25-13-14-29-42-38;1-38(2,33-25-16-27-36(42-33)39(3,30-18-8-5-9-19-30)31-20-10-6-11-21-31)34-26-17-28-37(43-34)40(4,32-22-12-7-13-23-32)35-24-14-15-29-41-35;1-37(49(28-17-7-3-8-18-28)29-19-9-4-10-20-29,31-22-13-21-30(43-31)35-45-36(47-46-35)38(39,40)41)32-23-14-25-34(44-32)48(27-15-5-2-6-16-27)33-24-11-12-26-42-33;;;/h4-17,19-21,23-29,31H,1-3H3;5-18,20,22,24-29H,1-4H3;2-15,17-19,21-26H,1H3;;;/q3*-3;3*+3. The maximum Gasteiger partial charge on any atom is 3.00 e. The van der Waals surface area contributed by atoms with Crippen LogP contribution < -0.4 is 24.7 Å². The van der Waals surface area contributed by atoms with Crippen molar-refractivity contribution in [2.24, 2.45) is 0 Å². The van der Waals surface area contributed by atoms with E-state index >= 15 is 0 Å². The summed E-state index contributed by atoms with van der Waals surface area (Å²) in [7, 11) is 0. The monoisotopic (exact) mass is 2410 g/mol. The van der Waals surface area contributed by atoms with Gasteiger partial charge >= 0.3 is 66.5 Å². The van der Waals surface area contributed by atoms with Gasteiger partial charge in [-0.2, -0.15) is 201 Å². The smallest absolute Gasteiger partial charge is 0.413 e. The fourth-order valence-corrected chi connectivity index (χ4v) is 17.2. The first-order chi connectivity index (χ1) is 68.2. The summed E-state index contributed by atoms with van der Waals surface area (Å²) in [6.07, 6.45) is 3.85. The van der Waals surface area contributed by atoms with E-state index in [-0.39, 0.29) is 77.8 Å². The predicted molar refractivity (Wildman–Crippen MR) is 541 cm³/mol. The molecule has 0 aliphatic rings. The van der Waals surface area contributed by atoms with E-state index < -0.39 is 39.3 Å². The van der Waals surface area contributed by atoms with Gasteiger partial charge in [-0.3, -0.25) is 35.1 Å². The molecule has 0 radical (unpaired) electrons. The van der Waals surface area contributed by atoms with Gasteiger partial charge in [0.25, 0.3) is 0 Å². The first-order valence-electron chi connectivity index (χ1n) is 45.8. The first kappa shape index (κ1) is 102. The average Bonchev–Trinajstić information content (AvgIpc) is 1.17. The van der Waals surface area contributed by atoms with Crippen LogP contribution in [0.5, 0.6) is 0 Å². The Morgan fingerprint density at radius 2 is 0.678 bits per heavy atom. The van der Waals surface area contributed by atoms with Gasteiger partial charge in [0.05, 0.1) is 68.2 Å². The van der Waals surface area contributed by atoms with E-state index in [4.69, 9.17) is 45.0 Å². The second-order valence-corrected chi connectivity index (χ2v) is 34.5. The molecule has 143 heavy (non-hydrogen) atoms. The Kier molecular flexibility index (Phi) is 32.4. The summed E-state index contributed by atoms with van der Waals surface area (Å²) in [5, 5.41) is 11.8. The molecule has 0 N–H and O–H groups in total. The number of hydrogen-bond acceptors (Lipinski definition) is 16. The van der Waals surface area contributed by atoms with E-state index in [0.717, 1.165) is 96.5 Å². The first-order valence-corrected chi connectivity index (χ1v) is 45.8. The SMILES string of the molecule is CC(C)(c1cccc(C(C)(c2[c-]cccc2)c2[c-]cccc2)n1)c1cccc(C(C)(c2[c-]cccc2)c2ccccn2)n1.CC(C)c1c[c-]n(-c2cccc(C(C)(c3cccc(N(c4[c-]cccc4)c4ccccn4)n3)N(c3[c-]cccc3)c3ccccc3)n2)n1.CC(c1cccc(-c2nc(C(F)(F)F)n[n-]2)n1)(c1cccc(N(c2[c-]cccc2)c2ccccn2)n1)N(c1[c-]cccc1)c1ccccc1.[Ir+3].[Ir+3].[Ir+3]. The number of hydrogen-bond donors (Lipinski definition) is 0. The summed E-state index contributed by atoms with van der Waals surface area (Å²) in [6.45, 7) is 17.1. The molecule has 0 saturated heterocycles. The molecule has 24 heteroatoms. The summed E-state index contributed by atoms with van der Waals surface area (Å²) in [4.78, 5) is 57.5. The minimum Gasteiger partial charge on any atom is -0.413 e. The number of halogens is 3. The van der Waals surface area contributed by atoms with Crippen LogP contribution in [-0.2, 0) is 93.8 Å². The van der Waals surface area contributed by atoms with Crippen molar-refractivity contribution in [3.05, 3.63) is 547 Å². The molecule has 20 rings (SSSR count). The van der Waals surface area contributed by atoms with Gasteiger partial charge < -0.3 is 34.4 Å². The Hall–Kier alpha value is -15.4. The van der Waals surface area contributed by atoms with E-state index in [0.29, 0.717) is 40.3 Å². The van der Waals surface area contributed by atoms with Crippen molar-refractivity contribution < 1.29 is 73.5 Å². The van der Waals surface area contributed by atoms with Crippen molar-refractivity contribution >= 4 is 57.4 Å². The summed E-state index contributed by atoms with van der Waals surface area (Å²) in [5.74, 6) is 2.00. The number of rotatable bonds is 27. The van der Waals surface area contributed by atoms with Crippen LogP contribution in [0.3, 0.4) is 0 Å². The molecule has 0 amide bonds. The van der Waals surface area contributed by atoms with Crippen molar-refractivity contribution in [3.8, 4) is 17.3 Å². The van der Waals surface area contributed by atoms with Crippen LogP contribution in [0.4, 0.5) is 70.6 Å². The number of pyridine rings is 9. The molecule has 0 saturated carbocycles.